The molecular weight excluding hydrogens is 466 g/mol. The van der Waals surface area contributed by atoms with Gasteiger partial charge in [-0.3, -0.25) is 4.99 Å². The maximum Gasteiger partial charge on any atom is 0.422 e. The summed E-state index contributed by atoms with van der Waals surface area (Å²) in [4.78, 5) is 15.7. The fourth-order valence-electron chi connectivity index (χ4n) is 3.59. The van der Waals surface area contributed by atoms with Crippen LogP contribution in [0.5, 0.6) is 5.75 Å². The second-order valence-corrected chi connectivity index (χ2v) is 7.83. The van der Waals surface area contributed by atoms with Crippen LogP contribution >= 0.6 is 11.6 Å². The van der Waals surface area contributed by atoms with Crippen molar-refractivity contribution in [1.82, 2.24) is 0 Å². The van der Waals surface area contributed by atoms with Crippen LogP contribution in [0, 0.1) is 5.82 Å². The topological polar surface area (TPSA) is 72.0 Å². The van der Waals surface area contributed by atoms with Gasteiger partial charge in [0.1, 0.15) is 0 Å². The molecule has 0 aliphatic carbocycles. The van der Waals surface area contributed by atoms with Gasteiger partial charge >= 0.3 is 11.8 Å². The van der Waals surface area contributed by atoms with Crippen LogP contribution in [0.1, 0.15) is 31.2 Å². The van der Waals surface area contributed by atoms with Gasteiger partial charge in [-0.25, -0.2) is 9.18 Å². The monoisotopic (exact) mass is 485 g/mol. The van der Waals surface area contributed by atoms with Gasteiger partial charge in [-0.2, -0.15) is 13.2 Å². The van der Waals surface area contributed by atoms with Crippen molar-refractivity contribution in [1.29, 1.82) is 0 Å². The van der Waals surface area contributed by atoms with Crippen molar-refractivity contribution < 1.29 is 31.8 Å². The minimum absolute atomic E-state index is 0.0474. The Balaban J connectivity index is 2.05. The van der Waals surface area contributed by atoms with E-state index < -0.39 is 35.6 Å². The SMILES string of the molecule is CCC(CC(O)(C=Nc1cccc2c(=O)occc12)C(F)(F)F)c1ccc(Cl)c(F)c1OC. The van der Waals surface area contributed by atoms with E-state index in [2.05, 4.69) is 4.99 Å². The average Bonchev–Trinajstić information content (AvgIpc) is 2.77. The minimum atomic E-state index is -5.09. The molecular formula is C23H20ClF4NO4. The Morgan fingerprint density at radius 3 is 2.58 bits per heavy atom. The molecule has 0 spiro atoms. The van der Waals surface area contributed by atoms with E-state index in [0.29, 0.717) is 6.21 Å². The number of aliphatic imine (C=N–C) groups is 1. The van der Waals surface area contributed by atoms with Crippen LogP contribution in [0.25, 0.3) is 10.8 Å². The number of hydrogen-bond acceptors (Lipinski definition) is 5. The number of benzene rings is 2. The summed E-state index contributed by atoms with van der Waals surface area (Å²) in [5.74, 6) is -2.12. The van der Waals surface area contributed by atoms with Gasteiger partial charge in [0.25, 0.3) is 0 Å². The lowest BCUT2D eigenvalue weighted by molar-refractivity contribution is -0.232. The third kappa shape index (κ3) is 4.89. The van der Waals surface area contributed by atoms with Gasteiger partial charge in [0.15, 0.2) is 17.2 Å². The highest BCUT2D eigenvalue weighted by atomic mass is 35.5. The summed E-state index contributed by atoms with van der Waals surface area (Å²) in [7, 11) is 1.18. The molecule has 3 aromatic rings. The van der Waals surface area contributed by atoms with Gasteiger partial charge in [0.2, 0.25) is 0 Å². The number of aliphatic hydroxyl groups is 1. The molecule has 0 radical (unpaired) electrons. The number of rotatable bonds is 7. The molecule has 1 aromatic heterocycles. The normalized spacial score (nSPS) is 15.0. The quantitative estimate of drug-likeness (QED) is 0.321. The zero-order valence-electron chi connectivity index (χ0n) is 17.6. The van der Waals surface area contributed by atoms with Gasteiger partial charge in [-0.1, -0.05) is 30.7 Å². The lowest BCUT2D eigenvalue weighted by Crippen LogP contribution is -2.47. The molecule has 0 aliphatic heterocycles. The number of hydrogen-bond donors (Lipinski definition) is 1. The van der Waals surface area contributed by atoms with E-state index in [4.69, 9.17) is 20.8 Å². The first-order chi connectivity index (χ1) is 15.5. The first-order valence-corrected chi connectivity index (χ1v) is 10.3. The van der Waals surface area contributed by atoms with Crippen molar-refractivity contribution in [2.24, 2.45) is 4.99 Å². The average molecular weight is 486 g/mol. The third-order valence-electron chi connectivity index (χ3n) is 5.40. The molecule has 1 N–H and O–H groups in total. The molecule has 2 atom stereocenters. The van der Waals surface area contributed by atoms with Crippen molar-refractivity contribution >= 4 is 34.3 Å². The first kappa shape index (κ1) is 24.7. The van der Waals surface area contributed by atoms with Gasteiger partial charge in [0.05, 0.1) is 29.5 Å². The second-order valence-electron chi connectivity index (χ2n) is 7.42. The van der Waals surface area contributed by atoms with E-state index in [1.165, 1.54) is 43.5 Å². The van der Waals surface area contributed by atoms with Crippen LogP contribution in [0.3, 0.4) is 0 Å². The van der Waals surface area contributed by atoms with E-state index in [0.717, 1.165) is 6.26 Å². The largest absolute Gasteiger partial charge is 0.493 e. The predicted octanol–water partition coefficient (Wildman–Crippen LogP) is 6.17. The van der Waals surface area contributed by atoms with E-state index >= 15 is 0 Å². The highest BCUT2D eigenvalue weighted by Gasteiger charge is 2.53. The van der Waals surface area contributed by atoms with Crippen molar-refractivity contribution in [2.75, 3.05) is 7.11 Å². The Hall–Kier alpha value is -2.91. The van der Waals surface area contributed by atoms with E-state index in [1.54, 1.807) is 6.92 Å². The molecule has 0 amide bonds. The molecule has 33 heavy (non-hydrogen) atoms. The Kier molecular flexibility index (Phi) is 7.14. The zero-order chi connectivity index (χ0) is 24.4. The number of methoxy groups -OCH3 is 1. The summed E-state index contributed by atoms with van der Waals surface area (Å²) in [6.45, 7) is 1.61. The van der Waals surface area contributed by atoms with E-state index in [9.17, 15) is 27.5 Å². The highest BCUT2D eigenvalue weighted by Crippen LogP contribution is 2.43. The third-order valence-corrected chi connectivity index (χ3v) is 5.69. The Morgan fingerprint density at radius 2 is 1.94 bits per heavy atom. The maximum absolute atomic E-state index is 14.4. The summed E-state index contributed by atoms with van der Waals surface area (Å²) >= 11 is 5.76. The molecule has 176 valence electrons. The minimum Gasteiger partial charge on any atom is -0.493 e. The van der Waals surface area contributed by atoms with Crippen molar-refractivity contribution in [3.63, 3.8) is 0 Å². The van der Waals surface area contributed by atoms with Crippen LogP contribution in [-0.2, 0) is 0 Å². The van der Waals surface area contributed by atoms with Gasteiger partial charge in [-0.05, 0) is 43.0 Å². The molecule has 3 rings (SSSR count). The number of fused-ring (bicyclic) bond motifs is 1. The Bertz CT molecular complexity index is 1240. The zero-order valence-corrected chi connectivity index (χ0v) is 18.4. The van der Waals surface area contributed by atoms with Gasteiger partial charge in [-0.15, -0.1) is 0 Å². The fourth-order valence-corrected chi connectivity index (χ4v) is 3.74. The van der Waals surface area contributed by atoms with Crippen LogP contribution < -0.4 is 10.4 Å². The van der Waals surface area contributed by atoms with Crippen LogP contribution in [0.2, 0.25) is 5.02 Å². The second kappa shape index (κ2) is 9.52. The summed E-state index contributed by atoms with van der Waals surface area (Å²) < 4.78 is 66.1. The molecule has 10 heteroatoms. The van der Waals surface area contributed by atoms with Crippen molar-refractivity contribution in [3.8, 4) is 5.75 Å². The molecule has 0 saturated carbocycles. The van der Waals surface area contributed by atoms with Crippen LogP contribution in [0.4, 0.5) is 23.2 Å². The molecule has 0 saturated heterocycles. The number of alkyl halides is 3. The Labute approximate surface area is 191 Å². The molecule has 2 aromatic carbocycles. The predicted molar refractivity (Wildman–Crippen MR) is 117 cm³/mol. The lowest BCUT2D eigenvalue weighted by atomic mass is 9.83. The summed E-state index contributed by atoms with van der Waals surface area (Å²) in [5.41, 5.74) is -3.83. The summed E-state index contributed by atoms with van der Waals surface area (Å²) in [5, 5.41) is 10.8. The number of halogens is 5. The standard InChI is InChI=1S/C23H20ClF4NO4/c1-3-13(14-7-8-17(24)19(25)20(14)32-2)11-22(31,23(26,27)28)12-29-18-6-4-5-16-15(18)9-10-33-21(16)30/h4-10,12-13,31H,3,11H2,1-2H3. The molecule has 5 nitrogen and oxygen atoms in total. The molecule has 2 unspecified atom stereocenters. The number of ether oxygens (including phenoxy) is 1. The Morgan fingerprint density at radius 1 is 1.21 bits per heavy atom. The summed E-state index contributed by atoms with van der Waals surface area (Å²) in [6.07, 6.45) is -4.29. The van der Waals surface area contributed by atoms with Gasteiger partial charge < -0.3 is 14.3 Å². The molecule has 1 heterocycles. The lowest BCUT2D eigenvalue weighted by Gasteiger charge is -2.31. The maximum atomic E-state index is 14.4. The van der Waals surface area contributed by atoms with Gasteiger partial charge in [0, 0.05) is 17.2 Å². The highest BCUT2D eigenvalue weighted by molar-refractivity contribution is 6.30. The van der Waals surface area contributed by atoms with Crippen molar-refractivity contribution in [2.45, 2.75) is 37.5 Å². The fraction of sp³-hybridized carbons (Fsp3) is 0.304. The smallest absolute Gasteiger partial charge is 0.422 e. The van der Waals surface area contributed by atoms with Crippen molar-refractivity contribution in [3.05, 3.63) is 69.5 Å². The van der Waals surface area contributed by atoms with E-state index in [1.807, 2.05) is 0 Å². The molecule has 0 fully saturated rings. The summed E-state index contributed by atoms with van der Waals surface area (Å²) in [6, 6.07) is 8.28. The molecule has 0 aliphatic rings. The number of nitrogens with zero attached hydrogens (tertiary/aromatic N) is 1. The molecule has 0 bridgehead atoms. The van der Waals surface area contributed by atoms with Crippen LogP contribution in [-0.4, -0.2) is 30.2 Å². The first-order valence-electron chi connectivity index (χ1n) is 9.89. The van der Waals surface area contributed by atoms with Crippen LogP contribution in [0.15, 0.2) is 56.9 Å². The van der Waals surface area contributed by atoms with E-state index in [-0.39, 0.29) is 39.2 Å².